The number of methoxy groups -OCH3 is 1. The van der Waals surface area contributed by atoms with Crippen LogP contribution < -0.4 is 4.74 Å². The van der Waals surface area contributed by atoms with E-state index in [1.807, 2.05) is 13.0 Å². The highest BCUT2D eigenvalue weighted by Gasteiger charge is 2.43. The number of ether oxygens (including phenoxy) is 2. The Balaban J connectivity index is 1.25. The van der Waals surface area contributed by atoms with Crippen molar-refractivity contribution < 1.29 is 28.2 Å². The summed E-state index contributed by atoms with van der Waals surface area (Å²) in [6.45, 7) is 3.15. The fourth-order valence-electron chi connectivity index (χ4n) is 5.53. The van der Waals surface area contributed by atoms with Gasteiger partial charge < -0.3 is 19.1 Å². The van der Waals surface area contributed by atoms with Gasteiger partial charge in [0.2, 0.25) is 5.88 Å². The minimum atomic E-state index is -1.01. The fourth-order valence-corrected chi connectivity index (χ4v) is 5.53. The molecule has 2 heterocycles. The molecule has 9 heteroatoms. The first-order valence-corrected chi connectivity index (χ1v) is 14.6. The molecule has 5 aromatic rings. The van der Waals surface area contributed by atoms with Crippen molar-refractivity contribution in [1.82, 2.24) is 14.5 Å². The van der Waals surface area contributed by atoms with Crippen LogP contribution in [-0.4, -0.2) is 39.3 Å². The van der Waals surface area contributed by atoms with Gasteiger partial charge in [-0.25, -0.2) is 23.5 Å². The highest BCUT2D eigenvalue weighted by Crippen LogP contribution is 2.51. The summed E-state index contributed by atoms with van der Waals surface area (Å²) in [5.41, 5.74) is 4.48. The van der Waals surface area contributed by atoms with Gasteiger partial charge in [-0.15, -0.1) is 0 Å². The molecule has 0 radical (unpaired) electrons. The molecule has 0 aliphatic heterocycles. The summed E-state index contributed by atoms with van der Waals surface area (Å²) in [4.78, 5) is 21.0. The highest BCUT2D eigenvalue weighted by atomic mass is 19.1. The van der Waals surface area contributed by atoms with Gasteiger partial charge in [-0.05, 0) is 79.1 Å². The Morgan fingerprint density at radius 1 is 0.977 bits per heavy atom. The second-order valence-corrected chi connectivity index (χ2v) is 11.6. The van der Waals surface area contributed by atoms with E-state index < -0.39 is 11.8 Å². The third-order valence-electron chi connectivity index (χ3n) is 8.37. The number of carboxylic acid groups (broad SMARTS) is 1. The standard InChI is InChI=1S/C35H33F2N3O4/c1-22-6-7-26(27(36)16-22)20-44-33-5-3-4-29(39-33)24-9-8-23(28(37)17-24)19-32-38-30-11-10-25(34(41)42)18-31(30)40(32)21-35(12-13-35)14-15-43-2/h3-11,16-18H,12-15,19-21H2,1-2H3,(H,41,42). The van der Waals surface area contributed by atoms with E-state index in [1.54, 1.807) is 61.7 Å². The normalized spacial score (nSPS) is 13.7. The topological polar surface area (TPSA) is 86.5 Å². The van der Waals surface area contributed by atoms with Crippen LogP contribution in [0.1, 0.15) is 52.1 Å². The van der Waals surface area contributed by atoms with Gasteiger partial charge in [0.15, 0.2) is 0 Å². The number of hydrogen-bond donors (Lipinski definition) is 1. The van der Waals surface area contributed by atoms with Crippen LogP contribution in [0.2, 0.25) is 0 Å². The number of aromatic nitrogens is 3. The van der Waals surface area contributed by atoms with Crippen LogP contribution >= 0.6 is 0 Å². The van der Waals surface area contributed by atoms with Crippen molar-refractivity contribution in [1.29, 1.82) is 0 Å². The van der Waals surface area contributed by atoms with Gasteiger partial charge in [0.05, 0.1) is 22.3 Å². The molecule has 6 rings (SSSR count). The molecule has 7 nitrogen and oxygen atoms in total. The zero-order valence-corrected chi connectivity index (χ0v) is 24.6. The van der Waals surface area contributed by atoms with Gasteiger partial charge >= 0.3 is 5.97 Å². The SMILES string of the molecule is COCCC1(Cn2c(Cc3ccc(-c4cccc(OCc5ccc(C)cc5F)n4)cc3F)nc3ccc(C(=O)O)cc32)CC1. The average Bonchev–Trinajstić information content (AvgIpc) is 3.70. The maximum Gasteiger partial charge on any atom is 0.335 e. The van der Waals surface area contributed by atoms with Crippen molar-refractivity contribution in [3.05, 3.63) is 113 Å². The largest absolute Gasteiger partial charge is 0.478 e. The third-order valence-corrected chi connectivity index (χ3v) is 8.37. The Morgan fingerprint density at radius 3 is 2.50 bits per heavy atom. The van der Waals surface area contributed by atoms with E-state index in [0.717, 1.165) is 30.3 Å². The van der Waals surface area contributed by atoms with E-state index in [9.17, 15) is 14.3 Å². The number of carboxylic acids is 1. The molecule has 44 heavy (non-hydrogen) atoms. The number of rotatable bonds is 12. The smallest absolute Gasteiger partial charge is 0.335 e. The summed E-state index contributed by atoms with van der Waals surface area (Å²) >= 11 is 0. The molecule has 0 spiro atoms. The third kappa shape index (κ3) is 6.33. The lowest BCUT2D eigenvalue weighted by Crippen LogP contribution is -2.16. The van der Waals surface area contributed by atoms with Crippen LogP contribution in [0.4, 0.5) is 8.78 Å². The van der Waals surface area contributed by atoms with Gasteiger partial charge in [-0.2, -0.15) is 0 Å². The van der Waals surface area contributed by atoms with E-state index in [1.165, 1.54) is 12.1 Å². The van der Waals surface area contributed by atoms with Crippen molar-refractivity contribution >= 4 is 17.0 Å². The molecule has 1 aliphatic carbocycles. The van der Waals surface area contributed by atoms with Gasteiger partial charge in [-0.3, -0.25) is 0 Å². The molecule has 226 valence electrons. The molecule has 0 unspecified atom stereocenters. The van der Waals surface area contributed by atoms with Crippen LogP contribution in [0.25, 0.3) is 22.3 Å². The number of fused-ring (bicyclic) bond motifs is 1. The van der Waals surface area contributed by atoms with Crippen molar-refractivity contribution in [2.45, 2.75) is 45.8 Å². The van der Waals surface area contributed by atoms with E-state index in [4.69, 9.17) is 14.5 Å². The summed E-state index contributed by atoms with van der Waals surface area (Å²) < 4.78 is 43.0. The number of nitrogens with zero attached hydrogens (tertiary/aromatic N) is 3. The monoisotopic (exact) mass is 597 g/mol. The van der Waals surface area contributed by atoms with Crippen molar-refractivity contribution in [3.8, 4) is 17.1 Å². The number of benzene rings is 3. The van der Waals surface area contributed by atoms with Crippen LogP contribution in [0, 0.1) is 24.0 Å². The molecule has 3 aromatic carbocycles. The highest BCUT2D eigenvalue weighted by molar-refractivity contribution is 5.92. The van der Waals surface area contributed by atoms with E-state index in [-0.39, 0.29) is 29.8 Å². The minimum absolute atomic E-state index is 0.0254. The van der Waals surface area contributed by atoms with Gasteiger partial charge in [-0.1, -0.05) is 30.3 Å². The number of imidazole rings is 1. The first kappa shape index (κ1) is 29.4. The zero-order chi connectivity index (χ0) is 30.8. The van der Waals surface area contributed by atoms with Crippen molar-refractivity contribution in [3.63, 3.8) is 0 Å². The molecule has 0 amide bonds. The first-order chi connectivity index (χ1) is 21.2. The molecule has 2 aromatic heterocycles. The number of pyridine rings is 1. The lowest BCUT2D eigenvalue weighted by molar-refractivity contribution is 0.0697. The number of halogens is 2. The van der Waals surface area contributed by atoms with Crippen LogP contribution in [0.3, 0.4) is 0 Å². The molecule has 1 fully saturated rings. The summed E-state index contributed by atoms with van der Waals surface area (Å²) in [6.07, 6.45) is 3.22. The van der Waals surface area contributed by atoms with Crippen molar-refractivity contribution in [2.24, 2.45) is 5.41 Å². The van der Waals surface area contributed by atoms with Crippen molar-refractivity contribution in [2.75, 3.05) is 13.7 Å². The lowest BCUT2D eigenvalue weighted by Gasteiger charge is -2.18. The molecule has 1 N–H and O–H groups in total. The number of aryl methyl sites for hydroxylation is 1. The minimum Gasteiger partial charge on any atom is -0.478 e. The Kier molecular flexibility index (Phi) is 8.14. The van der Waals surface area contributed by atoms with Gasteiger partial charge in [0.25, 0.3) is 0 Å². The fraction of sp³-hybridized carbons (Fsp3) is 0.286. The van der Waals surface area contributed by atoms with E-state index in [0.29, 0.717) is 52.8 Å². The van der Waals surface area contributed by atoms with Gasteiger partial charge in [0.1, 0.15) is 24.1 Å². The summed E-state index contributed by atoms with van der Waals surface area (Å²) in [7, 11) is 1.69. The molecule has 0 saturated heterocycles. The number of aromatic carboxylic acids is 1. The first-order valence-electron chi connectivity index (χ1n) is 14.6. The van der Waals surface area contributed by atoms with Crippen LogP contribution in [-0.2, 0) is 24.3 Å². The maximum absolute atomic E-state index is 15.6. The number of carbonyl (C=O) groups is 1. The quantitative estimate of drug-likeness (QED) is 0.162. The molecular formula is C35H33F2N3O4. The predicted molar refractivity (Wildman–Crippen MR) is 163 cm³/mol. The second-order valence-electron chi connectivity index (χ2n) is 11.6. The number of hydrogen-bond acceptors (Lipinski definition) is 5. The Hall–Kier alpha value is -4.63. The van der Waals surface area contributed by atoms with E-state index >= 15 is 4.39 Å². The van der Waals surface area contributed by atoms with Crippen LogP contribution in [0.5, 0.6) is 5.88 Å². The molecule has 0 atom stereocenters. The molecule has 1 saturated carbocycles. The van der Waals surface area contributed by atoms with E-state index in [2.05, 4.69) is 9.55 Å². The van der Waals surface area contributed by atoms with Gasteiger partial charge in [0, 0.05) is 43.9 Å². The summed E-state index contributed by atoms with van der Waals surface area (Å²) in [6, 6.07) is 20.1. The Labute approximate surface area is 254 Å². The second kappa shape index (κ2) is 12.2. The summed E-state index contributed by atoms with van der Waals surface area (Å²) in [5, 5.41) is 9.59. The Morgan fingerprint density at radius 2 is 1.77 bits per heavy atom. The summed E-state index contributed by atoms with van der Waals surface area (Å²) in [5.74, 6) is -0.757. The van der Waals surface area contributed by atoms with Crippen LogP contribution in [0.15, 0.2) is 72.8 Å². The Bertz CT molecular complexity index is 1850. The predicted octanol–water partition coefficient (Wildman–Crippen LogP) is 7.37. The lowest BCUT2D eigenvalue weighted by atomic mass is 10.0. The maximum atomic E-state index is 15.6. The zero-order valence-electron chi connectivity index (χ0n) is 24.6. The molecule has 0 bridgehead atoms. The molecule has 1 aliphatic rings. The average molecular weight is 598 g/mol. The molecular weight excluding hydrogens is 564 g/mol.